The molecule has 0 radical (unpaired) electrons. The van der Waals surface area contributed by atoms with Gasteiger partial charge in [0.15, 0.2) is 0 Å². The highest BCUT2D eigenvalue weighted by Crippen LogP contribution is 2.72. The maximum absolute atomic E-state index is 10.1. The van der Waals surface area contributed by atoms with E-state index in [-0.39, 0.29) is 18.6 Å². The molecule has 0 unspecified atom stereocenters. The molecule has 2 N–H and O–H groups in total. The van der Waals surface area contributed by atoms with E-state index in [1.165, 1.54) is 56.9 Å². The molecule has 0 amide bonds. The average Bonchev–Trinajstić information content (AvgIpc) is 2.75. The first-order valence-electron chi connectivity index (χ1n) is 9.39. The van der Waals surface area contributed by atoms with Gasteiger partial charge in [0, 0.05) is 5.41 Å². The van der Waals surface area contributed by atoms with Crippen LogP contribution in [0.2, 0.25) is 0 Å². The SMILES string of the molecule is C=C1C[C@]23CC[C@H]4C(CO)(CO)CCC[C@]4(C)[C@H]2CC[C@H]1C3. The lowest BCUT2D eigenvalue weighted by Gasteiger charge is -2.64. The smallest absolute Gasteiger partial charge is 0.0512 e. The summed E-state index contributed by atoms with van der Waals surface area (Å²) in [5.74, 6) is 2.08. The molecule has 0 aliphatic heterocycles. The van der Waals surface area contributed by atoms with Crippen molar-refractivity contribution in [2.24, 2.45) is 34.0 Å². The van der Waals surface area contributed by atoms with Gasteiger partial charge >= 0.3 is 0 Å². The Morgan fingerprint density at radius 1 is 1.05 bits per heavy atom. The van der Waals surface area contributed by atoms with Gasteiger partial charge in [0.25, 0.3) is 0 Å². The Kier molecular flexibility index (Phi) is 3.34. The van der Waals surface area contributed by atoms with Crippen molar-refractivity contribution in [3.8, 4) is 0 Å². The van der Waals surface area contributed by atoms with Crippen LogP contribution in [0.15, 0.2) is 12.2 Å². The minimum atomic E-state index is -0.221. The third-order valence-corrected chi connectivity index (χ3v) is 8.63. The highest BCUT2D eigenvalue weighted by molar-refractivity contribution is 5.22. The molecule has 5 atom stereocenters. The molecule has 22 heavy (non-hydrogen) atoms. The Labute approximate surface area is 135 Å². The maximum atomic E-state index is 10.1. The lowest BCUT2D eigenvalue weighted by molar-refractivity contribution is -0.175. The van der Waals surface area contributed by atoms with E-state index in [1.807, 2.05) is 0 Å². The number of hydrogen-bond acceptors (Lipinski definition) is 2. The second kappa shape index (κ2) is 4.83. The van der Waals surface area contributed by atoms with Gasteiger partial charge in [-0.1, -0.05) is 25.5 Å². The van der Waals surface area contributed by atoms with Crippen LogP contribution in [-0.2, 0) is 0 Å². The van der Waals surface area contributed by atoms with Gasteiger partial charge in [0.05, 0.1) is 13.2 Å². The van der Waals surface area contributed by atoms with Crippen molar-refractivity contribution in [2.45, 2.75) is 64.7 Å². The number of hydrogen-bond donors (Lipinski definition) is 2. The molecule has 1 spiro atoms. The van der Waals surface area contributed by atoms with Gasteiger partial charge in [-0.15, -0.1) is 0 Å². The van der Waals surface area contributed by atoms with Crippen LogP contribution in [0.25, 0.3) is 0 Å². The molecule has 0 aromatic carbocycles. The fraction of sp³-hybridized carbons (Fsp3) is 0.900. The number of aliphatic hydroxyl groups excluding tert-OH is 2. The third-order valence-electron chi connectivity index (χ3n) is 8.63. The zero-order valence-electron chi connectivity index (χ0n) is 14.1. The molecule has 2 heteroatoms. The number of fused-ring (bicyclic) bond motifs is 3. The molecule has 0 aromatic heterocycles. The minimum absolute atomic E-state index is 0.165. The van der Waals surface area contributed by atoms with Gasteiger partial charge < -0.3 is 10.2 Å². The predicted octanol–water partition coefficient (Wildman–Crippen LogP) is 3.92. The Hall–Kier alpha value is -0.340. The monoisotopic (exact) mass is 304 g/mol. The molecular weight excluding hydrogens is 272 g/mol. The molecule has 2 bridgehead atoms. The largest absolute Gasteiger partial charge is 0.396 e. The van der Waals surface area contributed by atoms with E-state index in [0.717, 1.165) is 18.3 Å². The minimum Gasteiger partial charge on any atom is -0.396 e. The van der Waals surface area contributed by atoms with E-state index in [2.05, 4.69) is 13.5 Å². The first-order chi connectivity index (χ1) is 10.5. The van der Waals surface area contributed by atoms with E-state index < -0.39 is 0 Å². The summed E-state index contributed by atoms with van der Waals surface area (Å²) >= 11 is 0. The molecule has 2 nitrogen and oxygen atoms in total. The zero-order chi connectivity index (χ0) is 15.6. The van der Waals surface area contributed by atoms with E-state index >= 15 is 0 Å². The maximum Gasteiger partial charge on any atom is 0.0512 e. The summed E-state index contributed by atoms with van der Waals surface area (Å²) < 4.78 is 0. The van der Waals surface area contributed by atoms with E-state index in [1.54, 1.807) is 0 Å². The van der Waals surface area contributed by atoms with Gasteiger partial charge in [-0.25, -0.2) is 0 Å². The van der Waals surface area contributed by atoms with Crippen LogP contribution in [0.1, 0.15) is 64.7 Å². The van der Waals surface area contributed by atoms with Crippen molar-refractivity contribution < 1.29 is 10.2 Å². The summed E-state index contributed by atoms with van der Waals surface area (Å²) in [4.78, 5) is 0. The average molecular weight is 304 g/mol. The van der Waals surface area contributed by atoms with Crippen LogP contribution in [0.3, 0.4) is 0 Å². The standard InChI is InChI=1S/C20H32O2/c1-14-10-19-9-6-17-18(2,16(19)5-4-15(14)11-19)7-3-8-20(17,12-21)13-22/h15-17,21-22H,1,3-13H2,2H3/t15-,16+,17+,18+,19-/m0/s1. The number of allylic oxidation sites excluding steroid dienone is 1. The van der Waals surface area contributed by atoms with Crippen molar-refractivity contribution in [2.75, 3.05) is 13.2 Å². The molecule has 124 valence electrons. The molecule has 0 aromatic rings. The first kappa shape index (κ1) is 15.2. The normalized spacial score (nSPS) is 49.6. The fourth-order valence-corrected chi connectivity index (χ4v) is 7.73. The van der Waals surface area contributed by atoms with Crippen molar-refractivity contribution in [1.29, 1.82) is 0 Å². The van der Waals surface area contributed by atoms with Crippen LogP contribution in [0, 0.1) is 34.0 Å². The molecule has 0 saturated heterocycles. The molecule has 4 fully saturated rings. The van der Waals surface area contributed by atoms with Crippen LogP contribution >= 0.6 is 0 Å². The summed E-state index contributed by atoms with van der Waals surface area (Å²) in [6, 6.07) is 0. The van der Waals surface area contributed by atoms with Gasteiger partial charge in [-0.05, 0) is 80.0 Å². The van der Waals surface area contributed by atoms with Crippen LogP contribution in [0.5, 0.6) is 0 Å². The van der Waals surface area contributed by atoms with Gasteiger partial charge in [0.2, 0.25) is 0 Å². The summed E-state index contributed by atoms with van der Waals surface area (Å²) in [7, 11) is 0. The Bertz CT molecular complexity index is 480. The van der Waals surface area contributed by atoms with E-state index in [9.17, 15) is 10.2 Å². The Balaban J connectivity index is 1.73. The number of aliphatic hydroxyl groups is 2. The summed E-state index contributed by atoms with van der Waals surface area (Å²) in [5, 5.41) is 20.2. The van der Waals surface area contributed by atoms with Gasteiger partial charge in [-0.2, -0.15) is 0 Å². The van der Waals surface area contributed by atoms with Gasteiger partial charge in [-0.3, -0.25) is 0 Å². The first-order valence-corrected chi connectivity index (χ1v) is 9.39. The van der Waals surface area contributed by atoms with Gasteiger partial charge in [0.1, 0.15) is 0 Å². The van der Waals surface area contributed by atoms with Crippen LogP contribution in [-0.4, -0.2) is 23.4 Å². The van der Waals surface area contributed by atoms with Crippen LogP contribution < -0.4 is 0 Å². The van der Waals surface area contributed by atoms with Crippen molar-refractivity contribution in [1.82, 2.24) is 0 Å². The molecule has 4 aliphatic carbocycles. The third kappa shape index (κ3) is 1.74. The van der Waals surface area contributed by atoms with Crippen molar-refractivity contribution >= 4 is 0 Å². The summed E-state index contributed by atoms with van der Waals surface area (Å²) in [5.41, 5.74) is 2.13. The number of rotatable bonds is 2. The predicted molar refractivity (Wildman–Crippen MR) is 88.3 cm³/mol. The van der Waals surface area contributed by atoms with Crippen LogP contribution in [0.4, 0.5) is 0 Å². The highest BCUT2D eigenvalue weighted by atomic mass is 16.3. The second-order valence-corrected chi connectivity index (χ2v) is 9.36. The lowest BCUT2D eigenvalue weighted by atomic mass is 9.41. The second-order valence-electron chi connectivity index (χ2n) is 9.36. The molecule has 4 rings (SSSR count). The highest BCUT2D eigenvalue weighted by Gasteiger charge is 2.64. The molecular formula is C20H32O2. The zero-order valence-corrected chi connectivity index (χ0v) is 14.1. The van der Waals surface area contributed by atoms with Crippen molar-refractivity contribution in [3.05, 3.63) is 12.2 Å². The van der Waals surface area contributed by atoms with Crippen molar-refractivity contribution in [3.63, 3.8) is 0 Å². The lowest BCUT2D eigenvalue weighted by Crippen LogP contribution is -2.59. The molecule has 0 heterocycles. The molecule has 4 aliphatic rings. The fourth-order valence-electron chi connectivity index (χ4n) is 7.73. The summed E-state index contributed by atoms with van der Waals surface area (Å²) in [6.07, 6.45) is 11.3. The molecule has 4 saturated carbocycles. The van der Waals surface area contributed by atoms with E-state index in [4.69, 9.17) is 0 Å². The van der Waals surface area contributed by atoms with E-state index in [0.29, 0.717) is 16.7 Å². The summed E-state index contributed by atoms with van der Waals surface area (Å²) in [6.45, 7) is 7.23. The quantitative estimate of drug-likeness (QED) is 0.759. The Morgan fingerprint density at radius 2 is 1.82 bits per heavy atom. The Morgan fingerprint density at radius 3 is 2.55 bits per heavy atom. The topological polar surface area (TPSA) is 40.5 Å².